The maximum atomic E-state index is 13.1. The SMILES string of the molecule is CSc1cccc(NC(=O)c2cccc3c2C(=O)N(C2CCCCC2)C3)c1. The van der Waals surface area contributed by atoms with Crippen LogP contribution >= 0.6 is 11.8 Å². The largest absolute Gasteiger partial charge is 0.331 e. The quantitative estimate of drug-likeness (QED) is 0.764. The van der Waals surface area contributed by atoms with Crippen LogP contribution in [0.4, 0.5) is 5.69 Å². The number of thioether (sulfide) groups is 1. The van der Waals surface area contributed by atoms with Gasteiger partial charge >= 0.3 is 0 Å². The molecule has 27 heavy (non-hydrogen) atoms. The molecule has 4 nitrogen and oxygen atoms in total. The topological polar surface area (TPSA) is 49.4 Å². The molecule has 0 aromatic heterocycles. The van der Waals surface area contributed by atoms with Crippen molar-refractivity contribution in [2.75, 3.05) is 11.6 Å². The van der Waals surface area contributed by atoms with Crippen molar-refractivity contribution in [1.82, 2.24) is 4.90 Å². The molecule has 5 heteroatoms. The summed E-state index contributed by atoms with van der Waals surface area (Å²) in [5.41, 5.74) is 2.78. The van der Waals surface area contributed by atoms with Crippen LogP contribution in [0, 0.1) is 0 Å². The van der Waals surface area contributed by atoms with Crippen molar-refractivity contribution >= 4 is 29.3 Å². The van der Waals surface area contributed by atoms with Gasteiger partial charge in [-0.1, -0.05) is 37.5 Å². The van der Waals surface area contributed by atoms with Crippen molar-refractivity contribution < 1.29 is 9.59 Å². The Hall–Kier alpha value is -2.27. The summed E-state index contributed by atoms with van der Waals surface area (Å²) in [6.07, 6.45) is 7.77. The summed E-state index contributed by atoms with van der Waals surface area (Å²) in [6, 6.07) is 13.7. The first-order chi connectivity index (χ1) is 13.2. The second-order valence-electron chi connectivity index (χ2n) is 7.25. The Bertz CT molecular complexity index is 874. The summed E-state index contributed by atoms with van der Waals surface area (Å²) < 4.78 is 0. The van der Waals surface area contributed by atoms with E-state index in [4.69, 9.17) is 0 Å². The number of fused-ring (bicyclic) bond motifs is 1. The second kappa shape index (κ2) is 7.77. The monoisotopic (exact) mass is 380 g/mol. The van der Waals surface area contributed by atoms with Gasteiger partial charge in [-0.3, -0.25) is 9.59 Å². The van der Waals surface area contributed by atoms with Gasteiger partial charge in [-0.25, -0.2) is 0 Å². The predicted octanol–water partition coefficient (Wildman–Crippen LogP) is 4.95. The fourth-order valence-electron chi connectivity index (χ4n) is 4.16. The van der Waals surface area contributed by atoms with Gasteiger partial charge in [-0.15, -0.1) is 11.8 Å². The number of nitrogens with one attached hydrogen (secondary N) is 1. The lowest BCUT2D eigenvalue weighted by Gasteiger charge is -2.30. The minimum absolute atomic E-state index is 0.0144. The number of benzene rings is 2. The number of rotatable bonds is 4. The van der Waals surface area contributed by atoms with Crippen LogP contribution < -0.4 is 5.32 Å². The zero-order valence-electron chi connectivity index (χ0n) is 15.5. The van der Waals surface area contributed by atoms with E-state index in [9.17, 15) is 9.59 Å². The van der Waals surface area contributed by atoms with E-state index in [-0.39, 0.29) is 11.8 Å². The average molecular weight is 381 g/mol. The van der Waals surface area contributed by atoms with Crippen LogP contribution in [0.15, 0.2) is 47.4 Å². The van der Waals surface area contributed by atoms with Crippen molar-refractivity contribution in [2.45, 2.75) is 49.6 Å². The Labute approximate surface area is 164 Å². The van der Waals surface area contributed by atoms with E-state index in [0.29, 0.717) is 23.7 Å². The smallest absolute Gasteiger partial charge is 0.256 e. The predicted molar refractivity (Wildman–Crippen MR) is 109 cm³/mol. The van der Waals surface area contributed by atoms with Gasteiger partial charge in [0.2, 0.25) is 0 Å². The van der Waals surface area contributed by atoms with E-state index in [1.165, 1.54) is 19.3 Å². The summed E-state index contributed by atoms with van der Waals surface area (Å²) in [7, 11) is 0. The van der Waals surface area contributed by atoms with Gasteiger partial charge in [-0.05, 0) is 48.9 Å². The molecule has 1 N–H and O–H groups in total. The fourth-order valence-corrected chi connectivity index (χ4v) is 4.62. The molecule has 0 bridgehead atoms. The molecule has 0 spiro atoms. The molecule has 0 saturated heterocycles. The zero-order chi connectivity index (χ0) is 18.8. The molecule has 0 radical (unpaired) electrons. The molecule has 2 aromatic rings. The summed E-state index contributed by atoms with van der Waals surface area (Å²) in [6.45, 7) is 0.627. The van der Waals surface area contributed by atoms with Crippen molar-refractivity contribution in [2.24, 2.45) is 0 Å². The standard InChI is InChI=1S/C22H24N2O2S/c1-27-18-11-6-8-16(13-18)23-21(25)19-12-5-7-15-14-24(22(26)20(15)19)17-9-3-2-4-10-17/h5-8,11-13,17H,2-4,9-10,14H2,1H3,(H,23,25). The fraction of sp³-hybridized carbons (Fsp3) is 0.364. The number of hydrogen-bond acceptors (Lipinski definition) is 3. The summed E-state index contributed by atoms with van der Waals surface area (Å²) in [5.74, 6) is -0.204. The molecule has 1 fully saturated rings. The number of carbonyl (C=O) groups is 2. The third kappa shape index (κ3) is 3.61. The first kappa shape index (κ1) is 18.1. The van der Waals surface area contributed by atoms with E-state index in [0.717, 1.165) is 29.0 Å². The molecule has 1 aliphatic carbocycles. The molecule has 1 aliphatic heterocycles. The van der Waals surface area contributed by atoms with Crippen LogP contribution in [0.2, 0.25) is 0 Å². The molecule has 0 unspecified atom stereocenters. The van der Waals surface area contributed by atoms with E-state index in [1.807, 2.05) is 47.6 Å². The highest BCUT2D eigenvalue weighted by Gasteiger charge is 2.36. The van der Waals surface area contributed by atoms with Gasteiger partial charge < -0.3 is 10.2 Å². The Morgan fingerprint density at radius 1 is 1.11 bits per heavy atom. The number of carbonyl (C=O) groups excluding carboxylic acids is 2. The Morgan fingerprint density at radius 3 is 2.67 bits per heavy atom. The first-order valence-electron chi connectivity index (χ1n) is 9.55. The van der Waals surface area contributed by atoms with Gasteiger partial charge in [0.25, 0.3) is 11.8 Å². The molecule has 140 valence electrons. The molecule has 0 atom stereocenters. The van der Waals surface area contributed by atoms with Gasteiger partial charge in [0.05, 0.1) is 11.1 Å². The molecule has 2 aromatic carbocycles. The van der Waals surface area contributed by atoms with Crippen LogP contribution in [0.5, 0.6) is 0 Å². The normalized spacial score (nSPS) is 17.1. The van der Waals surface area contributed by atoms with Crippen LogP contribution in [-0.4, -0.2) is 29.0 Å². The van der Waals surface area contributed by atoms with E-state index in [2.05, 4.69) is 5.32 Å². The summed E-state index contributed by atoms with van der Waals surface area (Å²) >= 11 is 1.63. The van der Waals surface area contributed by atoms with Crippen molar-refractivity contribution in [3.8, 4) is 0 Å². The second-order valence-corrected chi connectivity index (χ2v) is 8.13. The lowest BCUT2D eigenvalue weighted by atomic mass is 9.94. The molecule has 1 saturated carbocycles. The van der Waals surface area contributed by atoms with Gasteiger partial charge in [0.1, 0.15) is 0 Å². The van der Waals surface area contributed by atoms with Crippen LogP contribution in [0.1, 0.15) is 58.4 Å². The lowest BCUT2D eigenvalue weighted by Crippen LogP contribution is -2.37. The maximum Gasteiger partial charge on any atom is 0.256 e. The van der Waals surface area contributed by atoms with Gasteiger partial charge in [-0.2, -0.15) is 0 Å². The molecular formula is C22H24N2O2S. The third-order valence-electron chi connectivity index (χ3n) is 5.55. The molecular weight excluding hydrogens is 356 g/mol. The minimum atomic E-state index is -0.219. The summed E-state index contributed by atoms with van der Waals surface area (Å²) in [5, 5.41) is 2.95. The first-order valence-corrected chi connectivity index (χ1v) is 10.8. The van der Waals surface area contributed by atoms with Crippen molar-refractivity contribution in [3.05, 3.63) is 59.2 Å². The maximum absolute atomic E-state index is 13.1. The van der Waals surface area contributed by atoms with Crippen LogP contribution in [0.25, 0.3) is 0 Å². The van der Waals surface area contributed by atoms with Crippen molar-refractivity contribution in [3.63, 3.8) is 0 Å². The van der Waals surface area contributed by atoms with Crippen LogP contribution in [-0.2, 0) is 6.54 Å². The van der Waals surface area contributed by atoms with Gasteiger partial charge in [0.15, 0.2) is 0 Å². The highest BCUT2D eigenvalue weighted by atomic mass is 32.2. The number of amides is 2. The third-order valence-corrected chi connectivity index (χ3v) is 6.28. The molecule has 4 rings (SSSR count). The Kier molecular flexibility index (Phi) is 5.21. The van der Waals surface area contributed by atoms with Gasteiger partial charge in [0, 0.05) is 23.2 Å². The Morgan fingerprint density at radius 2 is 1.89 bits per heavy atom. The zero-order valence-corrected chi connectivity index (χ0v) is 16.3. The molecule has 2 amide bonds. The highest BCUT2D eigenvalue weighted by Crippen LogP contribution is 2.33. The number of hydrogen-bond donors (Lipinski definition) is 1. The average Bonchev–Trinajstić information content (AvgIpc) is 3.05. The molecule has 1 heterocycles. The van der Waals surface area contributed by atoms with E-state index in [1.54, 1.807) is 17.8 Å². The summed E-state index contributed by atoms with van der Waals surface area (Å²) in [4.78, 5) is 29.1. The van der Waals surface area contributed by atoms with E-state index < -0.39 is 0 Å². The van der Waals surface area contributed by atoms with Crippen LogP contribution in [0.3, 0.4) is 0 Å². The number of nitrogens with zero attached hydrogens (tertiary/aromatic N) is 1. The minimum Gasteiger partial charge on any atom is -0.331 e. The number of anilines is 1. The van der Waals surface area contributed by atoms with Crippen molar-refractivity contribution in [1.29, 1.82) is 0 Å². The Balaban J connectivity index is 1.58. The van der Waals surface area contributed by atoms with E-state index >= 15 is 0 Å². The highest BCUT2D eigenvalue weighted by molar-refractivity contribution is 7.98. The lowest BCUT2D eigenvalue weighted by molar-refractivity contribution is 0.0657. The molecule has 2 aliphatic rings.